The number of sulfone groups is 1. The molecule has 1 amide bonds. The van der Waals surface area contributed by atoms with Crippen LogP contribution in [0.4, 0.5) is 10.5 Å². The number of nitrogens with one attached hydrogen (secondary N) is 1. The van der Waals surface area contributed by atoms with Crippen LogP contribution in [0.3, 0.4) is 0 Å². The minimum Gasteiger partial charge on any atom is -0.444 e. The van der Waals surface area contributed by atoms with Gasteiger partial charge in [0.1, 0.15) is 12.3 Å². The van der Waals surface area contributed by atoms with Crippen LogP contribution in [-0.4, -0.2) is 19.1 Å². The number of hydrogen-bond donors (Lipinski definition) is 1. The molecule has 0 saturated heterocycles. The van der Waals surface area contributed by atoms with Crippen molar-refractivity contribution in [2.75, 3.05) is 5.32 Å². The van der Waals surface area contributed by atoms with Crippen molar-refractivity contribution in [2.24, 2.45) is 0 Å². The van der Waals surface area contributed by atoms with Crippen molar-refractivity contribution in [3.63, 3.8) is 0 Å². The number of ether oxygens (including phenoxy) is 1. The summed E-state index contributed by atoms with van der Waals surface area (Å²) in [5.41, 5.74) is 1.45. The van der Waals surface area contributed by atoms with Gasteiger partial charge in [0.25, 0.3) is 5.56 Å². The first kappa shape index (κ1) is 26.6. The second kappa shape index (κ2) is 12.7. The molecule has 4 rings (SSSR count). The van der Waals surface area contributed by atoms with Crippen LogP contribution in [0, 0.1) is 0 Å². The lowest BCUT2D eigenvalue weighted by Crippen LogP contribution is -2.28. The first-order valence-corrected chi connectivity index (χ1v) is 13.7. The summed E-state index contributed by atoms with van der Waals surface area (Å²) in [6, 6.07) is 29.6. The number of carbonyl (C=O) groups excluding carboxylic acids is 1. The van der Waals surface area contributed by atoms with Gasteiger partial charge in [-0.25, -0.2) is 13.2 Å². The molecular formula is C30H28N2O5S. The Bertz CT molecular complexity index is 1530. The zero-order valence-corrected chi connectivity index (χ0v) is 21.5. The Kier molecular flexibility index (Phi) is 8.89. The quantitative estimate of drug-likeness (QED) is 0.282. The number of carbonyl (C=O) groups is 1. The Hall–Kier alpha value is -4.43. The summed E-state index contributed by atoms with van der Waals surface area (Å²) in [5.74, 6) is 0. The van der Waals surface area contributed by atoms with Gasteiger partial charge in [-0.2, -0.15) is 0 Å². The normalized spacial score (nSPS) is 12.2. The summed E-state index contributed by atoms with van der Waals surface area (Å²) in [6.07, 6.45) is 3.42. The standard InChI is InChI=1S/C30H28N2O5S/c33-29-28(31-30(34)37-23-25-13-6-2-7-14-25)17-10-21-32(29)26(19-18-24-11-4-1-5-12-24)20-22-38(35,36)27-15-8-3-9-16-27/h1-17,20-22,26H,18-19,23H2,(H,31,34)/b22-20+/t26-/m0/s1. The Morgan fingerprint density at radius 3 is 2.11 bits per heavy atom. The molecule has 1 heterocycles. The summed E-state index contributed by atoms with van der Waals surface area (Å²) < 4.78 is 32.4. The van der Waals surface area contributed by atoms with E-state index in [1.165, 1.54) is 28.8 Å². The molecule has 0 radical (unpaired) electrons. The maximum absolute atomic E-state index is 13.3. The zero-order valence-electron chi connectivity index (χ0n) is 20.6. The fourth-order valence-electron chi connectivity index (χ4n) is 3.91. The largest absolute Gasteiger partial charge is 0.444 e. The number of amides is 1. The van der Waals surface area contributed by atoms with Crippen LogP contribution in [0.2, 0.25) is 0 Å². The fraction of sp³-hybridized carbons (Fsp3) is 0.133. The van der Waals surface area contributed by atoms with E-state index in [0.29, 0.717) is 12.8 Å². The molecule has 0 bridgehead atoms. The van der Waals surface area contributed by atoms with Gasteiger partial charge in [0.15, 0.2) is 9.84 Å². The third-order valence-corrected chi connectivity index (χ3v) is 7.35. The fourth-order valence-corrected chi connectivity index (χ4v) is 4.99. The van der Waals surface area contributed by atoms with Crippen LogP contribution in [0.15, 0.2) is 130 Å². The number of aryl methyl sites for hydroxylation is 1. The Labute approximate surface area is 222 Å². The molecule has 3 aromatic carbocycles. The van der Waals surface area contributed by atoms with E-state index in [1.807, 2.05) is 60.7 Å². The Balaban J connectivity index is 1.56. The minimum absolute atomic E-state index is 0.0367. The number of anilines is 1. The third kappa shape index (κ3) is 7.30. The Morgan fingerprint density at radius 1 is 0.842 bits per heavy atom. The van der Waals surface area contributed by atoms with Gasteiger partial charge < -0.3 is 9.30 Å². The van der Waals surface area contributed by atoms with E-state index in [4.69, 9.17) is 4.74 Å². The molecule has 0 unspecified atom stereocenters. The lowest BCUT2D eigenvalue weighted by molar-refractivity contribution is 0.155. The number of rotatable bonds is 10. The van der Waals surface area contributed by atoms with Crippen LogP contribution in [0.1, 0.15) is 23.6 Å². The summed E-state index contributed by atoms with van der Waals surface area (Å²) in [7, 11) is -3.71. The van der Waals surface area contributed by atoms with E-state index in [-0.39, 0.29) is 17.2 Å². The molecule has 0 saturated carbocycles. The number of nitrogens with zero attached hydrogens (tertiary/aromatic N) is 1. The van der Waals surface area contributed by atoms with Gasteiger partial charge in [-0.3, -0.25) is 10.1 Å². The van der Waals surface area contributed by atoms with Gasteiger partial charge >= 0.3 is 6.09 Å². The molecule has 0 aliphatic rings. The highest BCUT2D eigenvalue weighted by molar-refractivity contribution is 7.94. The van der Waals surface area contributed by atoms with Gasteiger partial charge in [-0.15, -0.1) is 0 Å². The van der Waals surface area contributed by atoms with Crippen molar-refractivity contribution in [1.29, 1.82) is 0 Å². The van der Waals surface area contributed by atoms with Crippen LogP contribution < -0.4 is 10.9 Å². The van der Waals surface area contributed by atoms with Crippen molar-refractivity contribution in [1.82, 2.24) is 4.57 Å². The third-order valence-electron chi connectivity index (χ3n) is 5.90. The van der Waals surface area contributed by atoms with E-state index in [2.05, 4.69) is 5.32 Å². The van der Waals surface area contributed by atoms with Crippen LogP contribution >= 0.6 is 0 Å². The molecule has 7 nitrogen and oxygen atoms in total. The first-order chi connectivity index (χ1) is 18.4. The predicted octanol–water partition coefficient (Wildman–Crippen LogP) is 5.76. The van der Waals surface area contributed by atoms with Crippen LogP contribution in [0.5, 0.6) is 0 Å². The zero-order chi connectivity index (χ0) is 26.8. The number of aromatic nitrogens is 1. The molecule has 4 aromatic rings. The molecule has 0 fully saturated rings. The lowest BCUT2D eigenvalue weighted by atomic mass is 10.0. The highest BCUT2D eigenvalue weighted by Crippen LogP contribution is 2.20. The summed E-state index contributed by atoms with van der Waals surface area (Å²) in [4.78, 5) is 25.9. The molecule has 0 spiro atoms. The molecule has 8 heteroatoms. The van der Waals surface area contributed by atoms with Crippen molar-refractivity contribution in [3.05, 3.63) is 142 Å². The van der Waals surface area contributed by atoms with Crippen molar-refractivity contribution in [3.8, 4) is 0 Å². The van der Waals surface area contributed by atoms with E-state index >= 15 is 0 Å². The van der Waals surface area contributed by atoms with Gasteiger partial charge in [0.2, 0.25) is 0 Å². The average Bonchev–Trinajstić information content (AvgIpc) is 2.95. The molecule has 38 heavy (non-hydrogen) atoms. The maximum atomic E-state index is 13.3. The number of allylic oxidation sites excluding steroid dienone is 1. The average molecular weight is 529 g/mol. The smallest absolute Gasteiger partial charge is 0.412 e. The highest BCUT2D eigenvalue weighted by Gasteiger charge is 2.16. The summed E-state index contributed by atoms with van der Waals surface area (Å²) in [6.45, 7) is 0.0630. The monoisotopic (exact) mass is 528 g/mol. The maximum Gasteiger partial charge on any atom is 0.412 e. The van der Waals surface area contributed by atoms with Gasteiger partial charge in [0, 0.05) is 11.6 Å². The second-order valence-corrected chi connectivity index (χ2v) is 10.4. The van der Waals surface area contributed by atoms with Crippen molar-refractivity contribution < 1.29 is 17.9 Å². The van der Waals surface area contributed by atoms with E-state index in [1.54, 1.807) is 30.5 Å². The molecule has 194 valence electrons. The highest BCUT2D eigenvalue weighted by atomic mass is 32.2. The van der Waals surface area contributed by atoms with Gasteiger partial charge in [0.05, 0.1) is 10.9 Å². The van der Waals surface area contributed by atoms with Gasteiger partial charge in [-0.05, 0) is 54.3 Å². The molecule has 1 atom stereocenters. The van der Waals surface area contributed by atoms with E-state index < -0.39 is 27.5 Å². The minimum atomic E-state index is -3.71. The molecule has 1 aromatic heterocycles. The van der Waals surface area contributed by atoms with Crippen LogP contribution in [0.25, 0.3) is 0 Å². The number of benzene rings is 3. The lowest BCUT2D eigenvalue weighted by Gasteiger charge is -2.18. The Morgan fingerprint density at radius 2 is 1.45 bits per heavy atom. The van der Waals surface area contributed by atoms with Crippen LogP contribution in [-0.2, 0) is 27.6 Å². The van der Waals surface area contributed by atoms with Gasteiger partial charge in [-0.1, -0.05) is 78.9 Å². The van der Waals surface area contributed by atoms with E-state index in [9.17, 15) is 18.0 Å². The number of hydrogen-bond acceptors (Lipinski definition) is 5. The summed E-state index contributed by atoms with van der Waals surface area (Å²) in [5, 5.41) is 3.65. The molecular weight excluding hydrogens is 500 g/mol. The molecule has 0 aliphatic carbocycles. The number of pyridine rings is 1. The summed E-state index contributed by atoms with van der Waals surface area (Å²) >= 11 is 0. The van der Waals surface area contributed by atoms with E-state index in [0.717, 1.165) is 16.5 Å². The molecule has 0 aliphatic heterocycles. The first-order valence-electron chi connectivity index (χ1n) is 12.1. The predicted molar refractivity (Wildman–Crippen MR) is 148 cm³/mol. The van der Waals surface area contributed by atoms with Crippen molar-refractivity contribution >= 4 is 21.6 Å². The second-order valence-electron chi connectivity index (χ2n) is 8.60. The van der Waals surface area contributed by atoms with Crippen molar-refractivity contribution in [2.45, 2.75) is 30.4 Å². The topological polar surface area (TPSA) is 94.5 Å². The SMILES string of the molecule is O=C(Nc1cccn([C@H](/C=C/S(=O)(=O)c2ccccc2)CCc2ccccc2)c1=O)OCc1ccccc1. The molecule has 1 N–H and O–H groups in total.